The molecule has 0 N–H and O–H groups in total. The number of nitrogens with zero attached hydrogens (tertiary/aromatic N) is 3. The SMILES string of the molecule is C[C@@H]1CN(C(=O)c2nn(-c3ccccc3)c3c2CCC3)C[C@H](C)O1. The number of fused-ring (bicyclic) bond motifs is 1. The fraction of sp³-hybridized carbons (Fsp3) is 0.474. The van der Waals surface area contributed by atoms with Gasteiger partial charge >= 0.3 is 0 Å². The summed E-state index contributed by atoms with van der Waals surface area (Å²) in [7, 11) is 0. The van der Waals surface area contributed by atoms with Gasteiger partial charge in [0.25, 0.3) is 5.91 Å². The van der Waals surface area contributed by atoms with Crippen LogP contribution in [0.5, 0.6) is 0 Å². The number of amides is 1. The summed E-state index contributed by atoms with van der Waals surface area (Å²) >= 11 is 0. The zero-order chi connectivity index (χ0) is 16.7. The summed E-state index contributed by atoms with van der Waals surface area (Å²) in [5.41, 5.74) is 3.99. The second-order valence-corrected chi connectivity index (χ2v) is 6.84. The average molecular weight is 325 g/mol. The predicted octanol–water partition coefficient (Wildman–Crippen LogP) is 2.61. The van der Waals surface area contributed by atoms with Gasteiger partial charge in [0.15, 0.2) is 5.69 Å². The van der Waals surface area contributed by atoms with Crippen LogP contribution in [0.1, 0.15) is 42.0 Å². The maximum Gasteiger partial charge on any atom is 0.274 e. The van der Waals surface area contributed by atoms with Crippen molar-refractivity contribution in [2.24, 2.45) is 0 Å². The van der Waals surface area contributed by atoms with Gasteiger partial charge in [-0.15, -0.1) is 0 Å². The van der Waals surface area contributed by atoms with E-state index in [1.807, 2.05) is 53.8 Å². The molecule has 1 saturated heterocycles. The van der Waals surface area contributed by atoms with Crippen LogP contribution in [-0.4, -0.2) is 45.9 Å². The highest BCUT2D eigenvalue weighted by atomic mass is 16.5. The van der Waals surface area contributed by atoms with Crippen molar-refractivity contribution in [3.8, 4) is 5.69 Å². The summed E-state index contributed by atoms with van der Waals surface area (Å²) in [6, 6.07) is 10.1. The molecule has 24 heavy (non-hydrogen) atoms. The Balaban J connectivity index is 1.70. The quantitative estimate of drug-likeness (QED) is 0.853. The van der Waals surface area contributed by atoms with E-state index >= 15 is 0 Å². The van der Waals surface area contributed by atoms with Crippen LogP contribution in [0.3, 0.4) is 0 Å². The van der Waals surface area contributed by atoms with Crippen molar-refractivity contribution in [1.29, 1.82) is 0 Å². The summed E-state index contributed by atoms with van der Waals surface area (Å²) in [5.74, 6) is 0.0461. The molecule has 0 bridgehead atoms. The van der Waals surface area contributed by atoms with Crippen LogP contribution >= 0.6 is 0 Å². The number of ether oxygens (including phenoxy) is 1. The maximum atomic E-state index is 13.1. The molecule has 1 aromatic carbocycles. The lowest BCUT2D eigenvalue weighted by Gasteiger charge is -2.35. The average Bonchev–Trinajstić information content (AvgIpc) is 3.16. The van der Waals surface area contributed by atoms with Gasteiger partial charge in [0.2, 0.25) is 0 Å². The Morgan fingerprint density at radius 3 is 2.54 bits per heavy atom. The van der Waals surface area contributed by atoms with Crippen LogP contribution < -0.4 is 0 Å². The Bertz CT molecular complexity index is 743. The van der Waals surface area contributed by atoms with Gasteiger partial charge in [0.05, 0.1) is 17.9 Å². The van der Waals surface area contributed by atoms with Crippen LogP contribution in [0, 0.1) is 0 Å². The molecule has 2 aromatic rings. The minimum absolute atomic E-state index is 0.0461. The van der Waals surface area contributed by atoms with Gasteiger partial charge in [0.1, 0.15) is 0 Å². The van der Waals surface area contributed by atoms with Crippen LogP contribution in [0.2, 0.25) is 0 Å². The molecule has 0 spiro atoms. The first-order valence-corrected chi connectivity index (χ1v) is 8.74. The number of benzene rings is 1. The van der Waals surface area contributed by atoms with E-state index in [1.54, 1.807) is 0 Å². The number of hydrogen-bond donors (Lipinski definition) is 0. The molecule has 2 aliphatic rings. The number of carbonyl (C=O) groups excluding carboxylic acids is 1. The topological polar surface area (TPSA) is 47.4 Å². The molecule has 1 aliphatic heterocycles. The van der Waals surface area contributed by atoms with E-state index in [4.69, 9.17) is 9.84 Å². The number of hydrogen-bond acceptors (Lipinski definition) is 3. The van der Waals surface area contributed by atoms with E-state index in [9.17, 15) is 4.79 Å². The highest BCUT2D eigenvalue weighted by Gasteiger charge is 2.32. The minimum Gasteiger partial charge on any atom is -0.372 e. The van der Waals surface area contributed by atoms with Gasteiger partial charge in [-0.25, -0.2) is 4.68 Å². The van der Waals surface area contributed by atoms with Gasteiger partial charge in [0, 0.05) is 24.3 Å². The van der Waals surface area contributed by atoms with E-state index in [1.165, 1.54) is 5.69 Å². The van der Waals surface area contributed by atoms with Crippen molar-refractivity contribution in [3.05, 3.63) is 47.3 Å². The largest absolute Gasteiger partial charge is 0.372 e. The first kappa shape index (κ1) is 15.4. The summed E-state index contributed by atoms with van der Waals surface area (Å²) in [5, 5.41) is 4.71. The molecule has 4 rings (SSSR count). The third-order valence-electron chi connectivity index (χ3n) is 4.84. The normalized spacial score (nSPS) is 23.3. The fourth-order valence-corrected chi connectivity index (χ4v) is 3.89. The fourth-order valence-electron chi connectivity index (χ4n) is 3.89. The van der Waals surface area contributed by atoms with Gasteiger partial charge in [-0.2, -0.15) is 5.10 Å². The van der Waals surface area contributed by atoms with Crippen LogP contribution in [-0.2, 0) is 17.6 Å². The van der Waals surface area contributed by atoms with Crippen LogP contribution in [0.15, 0.2) is 30.3 Å². The second kappa shape index (κ2) is 6.06. The van der Waals surface area contributed by atoms with Crippen LogP contribution in [0.25, 0.3) is 5.69 Å². The zero-order valence-electron chi connectivity index (χ0n) is 14.2. The number of morpholine rings is 1. The van der Waals surface area contributed by atoms with Crippen molar-refractivity contribution < 1.29 is 9.53 Å². The summed E-state index contributed by atoms with van der Waals surface area (Å²) in [6.45, 7) is 5.30. The molecule has 2 heterocycles. The first-order valence-electron chi connectivity index (χ1n) is 8.74. The first-order chi connectivity index (χ1) is 11.6. The van der Waals surface area contributed by atoms with E-state index in [-0.39, 0.29) is 18.1 Å². The smallest absolute Gasteiger partial charge is 0.274 e. The summed E-state index contributed by atoms with van der Waals surface area (Å²) in [4.78, 5) is 15.0. The lowest BCUT2D eigenvalue weighted by Crippen LogP contribution is -2.48. The number of carbonyl (C=O) groups is 1. The Labute approximate surface area is 142 Å². The number of aromatic nitrogens is 2. The van der Waals surface area contributed by atoms with Crippen molar-refractivity contribution >= 4 is 5.91 Å². The van der Waals surface area contributed by atoms with Crippen molar-refractivity contribution in [3.63, 3.8) is 0 Å². The highest BCUT2D eigenvalue weighted by Crippen LogP contribution is 2.29. The van der Waals surface area contributed by atoms with Crippen molar-refractivity contribution in [2.45, 2.75) is 45.3 Å². The molecule has 126 valence electrons. The maximum absolute atomic E-state index is 13.1. The summed E-state index contributed by atoms with van der Waals surface area (Å²) in [6.07, 6.45) is 3.17. The predicted molar refractivity (Wildman–Crippen MR) is 91.5 cm³/mol. The molecule has 1 aliphatic carbocycles. The second-order valence-electron chi connectivity index (χ2n) is 6.84. The molecule has 0 saturated carbocycles. The zero-order valence-corrected chi connectivity index (χ0v) is 14.2. The lowest BCUT2D eigenvalue weighted by atomic mass is 10.1. The van der Waals surface area contributed by atoms with E-state index in [0.29, 0.717) is 18.8 Å². The van der Waals surface area contributed by atoms with Gasteiger partial charge < -0.3 is 9.64 Å². The van der Waals surface area contributed by atoms with Crippen LogP contribution in [0.4, 0.5) is 0 Å². The molecule has 0 radical (unpaired) electrons. The Kier molecular flexibility index (Phi) is 3.88. The Morgan fingerprint density at radius 2 is 1.83 bits per heavy atom. The van der Waals surface area contributed by atoms with Gasteiger partial charge in [-0.05, 0) is 45.2 Å². The monoisotopic (exact) mass is 325 g/mol. The molecule has 2 atom stereocenters. The number of rotatable bonds is 2. The molecule has 1 fully saturated rings. The lowest BCUT2D eigenvalue weighted by molar-refractivity contribution is -0.0587. The van der Waals surface area contributed by atoms with Gasteiger partial charge in [-0.1, -0.05) is 18.2 Å². The van der Waals surface area contributed by atoms with Gasteiger partial charge in [-0.3, -0.25) is 4.79 Å². The molecular weight excluding hydrogens is 302 g/mol. The van der Waals surface area contributed by atoms with Crippen molar-refractivity contribution in [1.82, 2.24) is 14.7 Å². The minimum atomic E-state index is 0.0461. The van der Waals surface area contributed by atoms with E-state index < -0.39 is 0 Å². The summed E-state index contributed by atoms with van der Waals surface area (Å²) < 4.78 is 7.71. The molecular formula is C19H23N3O2. The standard InChI is InChI=1S/C19H23N3O2/c1-13-11-21(12-14(2)24-13)19(23)18-16-9-6-10-17(16)22(20-18)15-7-4-3-5-8-15/h3-5,7-8,13-14H,6,9-12H2,1-2H3/t13-,14+. The third-order valence-corrected chi connectivity index (χ3v) is 4.84. The van der Waals surface area contributed by atoms with E-state index in [0.717, 1.165) is 30.5 Å². The molecule has 5 nitrogen and oxygen atoms in total. The van der Waals surface area contributed by atoms with Crippen molar-refractivity contribution in [2.75, 3.05) is 13.1 Å². The third kappa shape index (κ3) is 2.63. The Hall–Kier alpha value is -2.14. The highest BCUT2D eigenvalue weighted by molar-refractivity contribution is 5.94. The molecule has 1 aromatic heterocycles. The molecule has 0 unspecified atom stereocenters. The number of para-hydroxylation sites is 1. The molecule has 5 heteroatoms. The van der Waals surface area contributed by atoms with E-state index in [2.05, 4.69) is 0 Å². The molecule has 1 amide bonds. The Morgan fingerprint density at radius 1 is 1.12 bits per heavy atom.